The molecule has 5 nitrogen and oxygen atoms in total. The maximum Gasteiger partial charge on any atom is 0.317 e. The Morgan fingerprint density at radius 3 is 2.90 bits per heavy atom. The van der Waals surface area contributed by atoms with E-state index < -0.39 is 0 Å². The zero-order valence-electron chi connectivity index (χ0n) is 11.6. The number of nitrogens with zero attached hydrogens (tertiary/aromatic N) is 3. The molecule has 2 heterocycles. The van der Waals surface area contributed by atoms with Crippen molar-refractivity contribution in [3.05, 3.63) is 30.6 Å². The van der Waals surface area contributed by atoms with Gasteiger partial charge in [0.2, 0.25) is 0 Å². The van der Waals surface area contributed by atoms with E-state index >= 15 is 0 Å². The molecule has 0 aliphatic carbocycles. The van der Waals surface area contributed by atoms with Gasteiger partial charge in [-0.3, -0.25) is 0 Å². The molecular formula is C15H20N4O. The van der Waals surface area contributed by atoms with Crippen LogP contribution in [0.5, 0.6) is 0 Å². The zero-order valence-corrected chi connectivity index (χ0v) is 11.6. The molecule has 1 N–H and O–H groups in total. The van der Waals surface area contributed by atoms with Crippen molar-refractivity contribution >= 4 is 17.1 Å². The smallest absolute Gasteiger partial charge is 0.317 e. The van der Waals surface area contributed by atoms with Gasteiger partial charge in [0.05, 0.1) is 17.4 Å². The third-order valence-corrected chi connectivity index (χ3v) is 3.77. The summed E-state index contributed by atoms with van der Waals surface area (Å²) in [5.74, 6) is 0. The summed E-state index contributed by atoms with van der Waals surface area (Å²) in [6.45, 7) is 3.39. The molecule has 1 aromatic heterocycles. The van der Waals surface area contributed by atoms with E-state index in [0.29, 0.717) is 6.54 Å². The molecule has 2 aromatic rings. The Hall–Kier alpha value is -2.04. The van der Waals surface area contributed by atoms with Crippen LogP contribution in [0.3, 0.4) is 0 Å². The van der Waals surface area contributed by atoms with Crippen LogP contribution >= 0.6 is 0 Å². The fourth-order valence-corrected chi connectivity index (χ4v) is 2.67. The van der Waals surface area contributed by atoms with Crippen LogP contribution < -0.4 is 5.32 Å². The van der Waals surface area contributed by atoms with Crippen LogP contribution in [-0.2, 0) is 6.54 Å². The number of hydrogen-bond donors (Lipinski definition) is 1. The van der Waals surface area contributed by atoms with Gasteiger partial charge in [0.25, 0.3) is 0 Å². The largest absolute Gasteiger partial charge is 0.338 e. The molecule has 3 rings (SSSR count). The number of imidazole rings is 1. The van der Waals surface area contributed by atoms with Crippen LogP contribution in [0, 0.1) is 0 Å². The van der Waals surface area contributed by atoms with E-state index in [9.17, 15) is 4.79 Å². The van der Waals surface area contributed by atoms with Gasteiger partial charge in [-0.1, -0.05) is 12.1 Å². The van der Waals surface area contributed by atoms with Crippen molar-refractivity contribution in [2.24, 2.45) is 0 Å². The first-order valence-electron chi connectivity index (χ1n) is 7.27. The molecule has 0 spiro atoms. The van der Waals surface area contributed by atoms with Crippen LogP contribution in [0.1, 0.15) is 19.3 Å². The molecule has 1 aromatic carbocycles. The Balaban J connectivity index is 1.47. The van der Waals surface area contributed by atoms with Crippen molar-refractivity contribution in [3.63, 3.8) is 0 Å². The van der Waals surface area contributed by atoms with Gasteiger partial charge < -0.3 is 14.8 Å². The van der Waals surface area contributed by atoms with Crippen molar-refractivity contribution < 1.29 is 4.79 Å². The van der Waals surface area contributed by atoms with Gasteiger partial charge in [0, 0.05) is 26.2 Å². The van der Waals surface area contributed by atoms with Crippen LogP contribution in [0.2, 0.25) is 0 Å². The van der Waals surface area contributed by atoms with Crippen LogP contribution in [0.4, 0.5) is 4.79 Å². The highest BCUT2D eigenvalue weighted by Crippen LogP contribution is 2.12. The van der Waals surface area contributed by atoms with Crippen LogP contribution in [0.25, 0.3) is 11.0 Å². The van der Waals surface area contributed by atoms with Crippen LogP contribution in [-0.4, -0.2) is 40.1 Å². The molecule has 0 radical (unpaired) electrons. The SMILES string of the molecule is O=C(NCCCn1cnc2ccccc21)N1CCCC1. The predicted molar refractivity (Wildman–Crippen MR) is 78.6 cm³/mol. The number of likely N-dealkylation sites (tertiary alicyclic amines) is 1. The summed E-state index contributed by atoms with van der Waals surface area (Å²) in [5, 5.41) is 2.99. The summed E-state index contributed by atoms with van der Waals surface area (Å²) < 4.78 is 2.14. The number of urea groups is 1. The molecule has 106 valence electrons. The Kier molecular flexibility index (Phi) is 3.85. The predicted octanol–water partition coefficient (Wildman–Crippen LogP) is 2.23. The minimum atomic E-state index is 0.0815. The molecule has 0 bridgehead atoms. The van der Waals surface area contributed by atoms with Crippen molar-refractivity contribution in [2.75, 3.05) is 19.6 Å². The van der Waals surface area contributed by atoms with E-state index in [0.717, 1.165) is 49.9 Å². The van der Waals surface area contributed by atoms with Gasteiger partial charge in [-0.2, -0.15) is 0 Å². The van der Waals surface area contributed by atoms with E-state index in [-0.39, 0.29) is 6.03 Å². The molecule has 5 heteroatoms. The van der Waals surface area contributed by atoms with E-state index in [1.807, 2.05) is 29.4 Å². The lowest BCUT2D eigenvalue weighted by molar-refractivity contribution is 0.208. The molecule has 2 amide bonds. The van der Waals surface area contributed by atoms with Crippen molar-refractivity contribution in [1.29, 1.82) is 0 Å². The summed E-state index contributed by atoms with van der Waals surface area (Å²) in [7, 11) is 0. The molecular weight excluding hydrogens is 252 g/mol. The Morgan fingerprint density at radius 1 is 1.25 bits per heavy atom. The van der Waals surface area contributed by atoms with E-state index in [1.54, 1.807) is 0 Å². The fourth-order valence-electron chi connectivity index (χ4n) is 2.67. The maximum atomic E-state index is 11.8. The van der Waals surface area contributed by atoms with Crippen molar-refractivity contribution in [2.45, 2.75) is 25.8 Å². The monoisotopic (exact) mass is 272 g/mol. The maximum absolute atomic E-state index is 11.8. The van der Waals surface area contributed by atoms with E-state index in [1.165, 1.54) is 0 Å². The number of fused-ring (bicyclic) bond motifs is 1. The van der Waals surface area contributed by atoms with Gasteiger partial charge in [-0.25, -0.2) is 9.78 Å². The Labute approximate surface area is 118 Å². The third-order valence-electron chi connectivity index (χ3n) is 3.77. The molecule has 1 aliphatic rings. The normalized spacial score (nSPS) is 14.9. The lowest BCUT2D eigenvalue weighted by Gasteiger charge is -2.16. The molecule has 1 saturated heterocycles. The highest BCUT2D eigenvalue weighted by atomic mass is 16.2. The number of nitrogens with one attached hydrogen (secondary N) is 1. The van der Waals surface area contributed by atoms with Crippen molar-refractivity contribution in [1.82, 2.24) is 19.8 Å². The van der Waals surface area contributed by atoms with Gasteiger partial charge in [-0.15, -0.1) is 0 Å². The van der Waals surface area contributed by atoms with E-state index in [4.69, 9.17) is 0 Å². The molecule has 1 aliphatic heterocycles. The van der Waals surface area contributed by atoms with Gasteiger partial charge in [0.1, 0.15) is 0 Å². The summed E-state index contributed by atoms with van der Waals surface area (Å²) in [6.07, 6.45) is 5.05. The van der Waals surface area contributed by atoms with Gasteiger partial charge >= 0.3 is 6.03 Å². The quantitative estimate of drug-likeness (QED) is 0.868. The summed E-state index contributed by atoms with van der Waals surface area (Å²) in [6, 6.07) is 8.19. The molecule has 1 fully saturated rings. The summed E-state index contributed by atoms with van der Waals surface area (Å²) >= 11 is 0. The number of hydrogen-bond acceptors (Lipinski definition) is 2. The zero-order chi connectivity index (χ0) is 13.8. The highest BCUT2D eigenvalue weighted by molar-refractivity contribution is 5.75. The lowest BCUT2D eigenvalue weighted by Crippen LogP contribution is -2.38. The standard InChI is InChI=1S/C15H20N4O/c20-15(18-9-3-4-10-18)16-8-5-11-19-12-17-13-6-1-2-7-14(13)19/h1-2,6-7,12H,3-5,8-11H2,(H,16,20). The Morgan fingerprint density at radius 2 is 2.05 bits per heavy atom. The number of amides is 2. The second-order valence-corrected chi connectivity index (χ2v) is 5.21. The van der Waals surface area contributed by atoms with Crippen LogP contribution in [0.15, 0.2) is 30.6 Å². The lowest BCUT2D eigenvalue weighted by atomic mass is 10.3. The Bertz CT molecular complexity index is 586. The number of aromatic nitrogens is 2. The first-order valence-corrected chi connectivity index (χ1v) is 7.27. The first-order chi connectivity index (χ1) is 9.84. The number of para-hydroxylation sites is 2. The number of rotatable bonds is 4. The molecule has 20 heavy (non-hydrogen) atoms. The topological polar surface area (TPSA) is 50.2 Å². The minimum Gasteiger partial charge on any atom is -0.338 e. The average Bonchev–Trinajstić information content (AvgIpc) is 3.13. The number of aryl methyl sites for hydroxylation is 1. The fraction of sp³-hybridized carbons (Fsp3) is 0.467. The summed E-state index contributed by atoms with van der Waals surface area (Å²) in [5.41, 5.74) is 2.17. The summed E-state index contributed by atoms with van der Waals surface area (Å²) in [4.78, 5) is 18.1. The molecule has 0 unspecified atom stereocenters. The average molecular weight is 272 g/mol. The third kappa shape index (κ3) is 2.76. The highest BCUT2D eigenvalue weighted by Gasteiger charge is 2.16. The second kappa shape index (κ2) is 5.94. The van der Waals surface area contributed by atoms with Gasteiger partial charge in [0.15, 0.2) is 0 Å². The van der Waals surface area contributed by atoms with Crippen molar-refractivity contribution in [3.8, 4) is 0 Å². The first kappa shape index (κ1) is 13.0. The van der Waals surface area contributed by atoms with Gasteiger partial charge in [-0.05, 0) is 31.4 Å². The molecule has 0 saturated carbocycles. The number of benzene rings is 1. The number of carbonyl (C=O) groups excluding carboxylic acids is 1. The van der Waals surface area contributed by atoms with E-state index in [2.05, 4.69) is 20.9 Å². The number of carbonyl (C=O) groups is 1. The minimum absolute atomic E-state index is 0.0815. The molecule has 0 atom stereocenters. The second-order valence-electron chi connectivity index (χ2n) is 5.21.